The number of rotatable bonds is 7. The molecular formula is C28H30N8O2. The van der Waals surface area contributed by atoms with Crippen molar-refractivity contribution in [3.8, 4) is 22.6 Å². The Balaban J connectivity index is 1.29. The highest BCUT2D eigenvalue weighted by Gasteiger charge is 2.17. The van der Waals surface area contributed by atoms with E-state index in [1.807, 2.05) is 34.9 Å². The molecule has 10 heteroatoms. The summed E-state index contributed by atoms with van der Waals surface area (Å²) in [5.41, 5.74) is 5.35. The van der Waals surface area contributed by atoms with Gasteiger partial charge in [-0.25, -0.2) is 4.98 Å². The van der Waals surface area contributed by atoms with Gasteiger partial charge in [-0.2, -0.15) is 4.98 Å². The highest BCUT2D eigenvalue weighted by molar-refractivity contribution is 5.90. The van der Waals surface area contributed by atoms with Crippen molar-refractivity contribution in [3.05, 3.63) is 61.1 Å². The molecule has 0 aliphatic carbocycles. The molecule has 10 nitrogen and oxygen atoms in total. The molecule has 38 heavy (non-hydrogen) atoms. The van der Waals surface area contributed by atoms with E-state index < -0.39 is 0 Å². The molecule has 1 aliphatic heterocycles. The molecule has 1 N–H and O–H groups in total. The van der Waals surface area contributed by atoms with Crippen LogP contribution in [0, 0.1) is 0 Å². The first-order valence-electron chi connectivity index (χ1n) is 12.7. The minimum atomic E-state index is 0.507. The van der Waals surface area contributed by atoms with E-state index in [2.05, 4.69) is 61.5 Å². The molecule has 4 heterocycles. The Kier molecular flexibility index (Phi) is 6.38. The third-order valence-corrected chi connectivity index (χ3v) is 7.08. The van der Waals surface area contributed by atoms with Crippen LogP contribution in [0.25, 0.3) is 27.8 Å². The Morgan fingerprint density at radius 1 is 0.895 bits per heavy atom. The number of fused-ring (bicyclic) bond motifs is 3. The number of hydrogen-bond acceptors (Lipinski definition) is 9. The third kappa shape index (κ3) is 4.54. The number of hydrogen-bond donors (Lipinski definition) is 1. The van der Waals surface area contributed by atoms with Crippen LogP contribution in [0.1, 0.15) is 6.92 Å². The minimum absolute atomic E-state index is 0.507. The molecule has 0 bridgehead atoms. The van der Waals surface area contributed by atoms with Crippen molar-refractivity contribution < 1.29 is 9.47 Å². The van der Waals surface area contributed by atoms with Crippen molar-refractivity contribution in [2.75, 3.05) is 57.2 Å². The Hall–Kier alpha value is -4.44. The standard InChI is InChI=1S/C28H30N8O2/c1-4-34-9-11-35(12-10-34)22-7-5-21(6-8-22)31-28-29-17-20-15-25(27-33-30-18-36(27)26(20)32-28)19-13-23(37-2)16-24(14-19)38-3/h5-8,13-18H,4,9-12H2,1-3H3,(H,29,31,32). The monoisotopic (exact) mass is 510 g/mol. The zero-order valence-electron chi connectivity index (χ0n) is 21.8. The Morgan fingerprint density at radius 2 is 1.63 bits per heavy atom. The van der Waals surface area contributed by atoms with Crippen LogP contribution in [0.15, 0.2) is 61.1 Å². The number of ether oxygens (including phenoxy) is 2. The lowest BCUT2D eigenvalue weighted by atomic mass is 10.0. The van der Waals surface area contributed by atoms with Gasteiger partial charge in [-0.3, -0.25) is 4.40 Å². The first-order valence-corrected chi connectivity index (χ1v) is 12.7. The summed E-state index contributed by atoms with van der Waals surface area (Å²) in [4.78, 5) is 14.3. The SMILES string of the molecule is CCN1CCN(c2ccc(Nc3ncc4cc(-c5cc(OC)cc(OC)c5)c5nncn5c4n3)cc2)CC1. The molecule has 194 valence electrons. The van der Waals surface area contributed by atoms with E-state index in [9.17, 15) is 0 Å². The van der Waals surface area contributed by atoms with E-state index in [1.54, 1.807) is 20.5 Å². The molecule has 1 aliphatic rings. The van der Waals surface area contributed by atoms with E-state index in [4.69, 9.17) is 14.5 Å². The number of methoxy groups -OCH3 is 2. The summed E-state index contributed by atoms with van der Waals surface area (Å²) in [6.07, 6.45) is 3.48. The van der Waals surface area contributed by atoms with Crippen LogP contribution >= 0.6 is 0 Å². The Bertz CT molecular complexity index is 1550. The lowest BCUT2D eigenvalue weighted by molar-refractivity contribution is 0.271. The number of nitrogens with zero attached hydrogens (tertiary/aromatic N) is 7. The van der Waals surface area contributed by atoms with Gasteiger partial charge in [0.25, 0.3) is 0 Å². The molecule has 0 unspecified atom stereocenters. The van der Waals surface area contributed by atoms with E-state index in [0.717, 1.165) is 54.9 Å². The van der Waals surface area contributed by atoms with Crippen LogP contribution in [0.3, 0.4) is 0 Å². The molecular weight excluding hydrogens is 480 g/mol. The average Bonchev–Trinajstić information content (AvgIpc) is 3.47. The van der Waals surface area contributed by atoms with Crippen molar-refractivity contribution in [1.29, 1.82) is 0 Å². The molecule has 0 radical (unpaired) electrons. The van der Waals surface area contributed by atoms with Gasteiger partial charge in [0.2, 0.25) is 5.95 Å². The van der Waals surface area contributed by atoms with Crippen molar-refractivity contribution in [2.24, 2.45) is 0 Å². The topological polar surface area (TPSA) is 92.9 Å². The highest BCUT2D eigenvalue weighted by Crippen LogP contribution is 2.34. The molecule has 0 spiro atoms. The fraction of sp³-hybridized carbons (Fsp3) is 0.286. The van der Waals surface area contributed by atoms with E-state index >= 15 is 0 Å². The van der Waals surface area contributed by atoms with Crippen LogP contribution in [0.4, 0.5) is 17.3 Å². The van der Waals surface area contributed by atoms with Gasteiger partial charge in [0, 0.05) is 60.8 Å². The average molecular weight is 511 g/mol. The van der Waals surface area contributed by atoms with Gasteiger partial charge in [0.15, 0.2) is 11.3 Å². The van der Waals surface area contributed by atoms with E-state index in [1.165, 1.54) is 5.69 Å². The number of piperazine rings is 1. The van der Waals surface area contributed by atoms with Crippen LogP contribution in [0.5, 0.6) is 11.5 Å². The maximum absolute atomic E-state index is 5.46. The predicted octanol–water partition coefficient (Wildman–Crippen LogP) is 4.24. The molecule has 0 saturated carbocycles. The molecule has 5 aromatic rings. The highest BCUT2D eigenvalue weighted by atomic mass is 16.5. The Morgan fingerprint density at radius 3 is 2.32 bits per heavy atom. The quantitative estimate of drug-likeness (QED) is 0.345. The first kappa shape index (κ1) is 23.9. The van der Waals surface area contributed by atoms with E-state index in [-0.39, 0.29) is 0 Å². The van der Waals surface area contributed by atoms with Crippen molar-refractivity contribution >= 4 is 34.0 Å². The zero-order chi connectivity index (χ0) is 26.1. The van der Waals surface area contributed by atoms with Crippen LogP contribution in [-0.2, 0) is 0 Å². The smallest absolute Gasteiger partial charge is 0.229 e. The van der Waals surface area contributed by atoms with Gasteiger partial charge < -0.3 is 24.6 Å². The van der Waals surface area contributed by atoms with Crippen molar-refractivity contribution in [3.63, 3.8) is 0 Å². The maximum atomic E-state index is 5.46. The first-order chi connectivity index (χ1) is 18.6. The molecule has 6 rings (SSSR count). The molecule has 0 amide bonds. The molecule has 1 saturated heterocycles. The van der Waals surface area contributed by atoms with Crippen LogP contribution < -0.4 is 19.7 Å². The second-order valence-corrected chi connectivity index (χ2v) is 9.25. The summed E-state index contributed by atoms with van der Waals surface area (Å²) >= 11 is 0. The van der Waals surface area contributed by atoms with E-state index in [0.29, 0.717) is 28.7 Å². The zero-order valence-corrected chi connectivity index (χ0v) is 21.8. The normalized spacial score (nSPS) is 14.2. The lowest BCUT2D eigenvalue weighted by Gasteiger charge is -2.35. The van der Waals surface area contributed by atoms with Gasteiger partial charge in [0.05, 0.1) is 14.2 Å². The third-order valence-electron chi connectivity index (χ3n) is 7.08. The summed E-state index contributed by atoms with van der Waals surface area (Å²) in [6, 6.07) is 16.2. The fourth-order valence-electron chi connectivity index (χ4n) is 4.91. The number of benzene rings is 2. The van der Waals surface area contributed by atoms with Crippen LogP contribution in [-0.4, -0.2) is 76.4 Å². The largest absolute Gasteiger partial charge is 0.497 e. The summed E-state index contributed by atoms with van der Waals surface area (Å²) in [7, 11) is 3.27. The van der Waals surface area contributed by atoms with Gasteiger partial charge in [-0.15, -0.1) is 10.2 Å². The molecule has 3 aromatic heterocycles. The maximum Gasteiger partial charge on any atom is 0.229 e. The van der Waals surface area contributed by atoms with Gasteiger partial charge in [-0.05, 0) is 54.6 Å². The number of anilines is 3. The number of likely N-dealkylation sites (N-methyl/N-ethyl adjacent to an activating group) is 1. The predicted molar refractivity (Wildman–Crippen MR) is 149 cm³/mol. The summed E-state index contributed by atoms with van der Waals surface area (Å²) < 4.78 is 12.8. The second-order valence-electron chi connectivity index (χ2n) is 9.25. The van der Waals surface area contributed by atoms with Crippen molar-refractivity contribution in [2.45, 2.75) is 6.92 Å². The lowest BCUT2D eigenvalue weighted by Crippen LogP contribution is -2.46. The fourth-order valence-corrected chi connectivity index (χ4v) is 4.91. The molecule has 1 fully saturated rings. The second kappa shape index (κ2) is 10.1. The van der Waals surface area contributed by atoms with Gasteiger partial charge >= 0.3 is 0 Å². The number of nitrogens with one attached hydrogen (secondary N) is 1. The Labute approximate surface area is 220 Å². The minimum Gasteiger partial charge on any atom is -0.497 e. The summed E-state index contributed by atoms with van der Waals surface area (Å²) in [5.74, 6) is 1.90. The van der Waals surface area contributed by atoms with Gasteiger partial charge in [-0.1, -0.05) is 6.92 Å². The number of aromatic nitrogens is 5. The summed E-state index contributed by atoms with van der Waals surface area (Å²) in [6.45, 7) is 7.64. The molecule has 2 aromatic carbocycles. The van der Waals surface area contributed by atoms with Crippen LogP contribution in [0.2, 0.25) is 0 Å². The van der Waals surface area contributed by atoms with Crippen molar-refractivity contribution in [1.82, 2.24) is 29.5 Å². The van der Waals surface area contributed by atoms with Gasteiger partial charge in [0.1, 0.15) is 17.8 Å². The molecule has 0 atom stereocenters. The summed E-state index contributed by atoms with van der Waals surface area (Å²) in [5, 5.41) is 12.7. The number of pyridine rings is 1.